The van der Waals surface area contributed by atoms with Crippen LogP contribution in [-0.2, 0) is 6.42 Å². The van der Waals surface area contributed by atoms with E-state index in [0.29, 0.717) is 0 Å². The highest BCUT2D eigenvalue weighted by Crippen LogP contribution is 2.37. The lowest BCUT2D eigenvalue weighted by molar-refractivity contribution is 0.463. The van der Waals surface area contributed by atoms with Crippen LogP contribution < -0.4 is 25.9 Å². The fourth-order valence-electron chi connectivity index (χ4n) is 4.56. The quantitative estimate of drug-likeness (QED) is 0.361. The number of rotatable bonds is 0. The van der Waals surface area contributed by atoms with Crippen LogP contribution in [0.3, 0.4) is 0 Å². The van der Waals surface area contributed by atoms with Crippen LogP contribution in [0.15, 0.2) is 97.1 Å². The highest BCUT2D eigenvalue weighted by atomic mass is 16.5. The van der Waals surface area contributed by atoms with Gasteiger partial charge in [-0.3, -0.25) is 0 Å². The SMILES string of the molecule is C=C1/C=C\C=C/Cc2ccc3c(c2/C=C\1)Oc1cccc2c1B3c1ccccc1O2. The molecule has 2 aliphatic heterocycles. The van der Waals surface area contributed by atoms with Gasteiger partial charge in [0.25, 0.3) is 6.71 Å². The molecule has 0 N–H and O–H groups in total. The molecule has 0 saturated carbocycles. The number of allylic oxidation sites excluding steroid dienone is 6. The first-order valence-electron chi connectivity index (χ1n) is 10.2. The number of hydrogen-bond donors (Lipinski definition) is 0. The van der Waals surface area contributed by atoms with Crippen LogP contribution in [-0.4, -0.2) is 6.71 Å². The zero-order chi connectivity index (χ0) is 20.1. The second kappa shape index (κ2) is 6.67. The summed E-state index contributed by atoms with van der Waals surface area (Å²) in [5.74, 6) is 3.59. The fourth-order valence-corrected chi connectivity index (χ4v) is 4.56. The maximum Gasteiger partial charge on any atom is 0.260 e. The third-order valence-corrected chi connectivity index (χ3v) is 5.96. The Hall–Kier alpha value is -3.72. The summed E-state index contributed by atoms with van der Waals surface area (Å²) < 4.78 is 12.7. The van der Waals surface area contributed by atoms with E-state index in [2.05, 4.69) is 55.1 Å². The number of fused-ring (bicyclic) bond motifs is 6. The monoisotopic (exact) mass is 386 g/mol. The Morgan fingerprint density at radius 3 is 2.50 bits per heavy atom. The van der Waals surface area contributed by atoms with Gasteiger partial charge in [0.2, 0.25) is 0 Å². The van der Waals surface area contributed by atoms with E-state index in [-0.39, 0.29) is 6.71 Å². The Morgan fingerprint density at radius 2 is 1.57 bits per heavy atom. The van der Waals surface area contributed by atoms with Gasteiger partial charge < -0.3 is 9.47 Å². The molecule has 3 aromatic rings. The molecule has 0 spiro atoms. The van der Waals surface area contributed by atoms with E-state index in [0.717, 1.165) is 46.0 Å². The number of ether oxygens (including phenoxy) is 2. The molecule has 6 rings (SSSR count). The van der Waals surface area contributed by atoms with Crippen molar-refractivity contribution in [3.8, 4) is 23.0 Å². The van der Waals surface area contributed by atoms with E-state index in [1.54, 1.807) is 0 Å². The number of hydrogen-bond acceptors (Lipinski definition) is 2. The van der Waals surface area contributed by atoms with Crippen molar-refractivity contribution in [2.75, 3.05) is 0 Å². The van der Waals surface area contributed by atoms with Gasteiger partial charge in [0.15, 0.2) is 0 Å². The largest absolute Gasteiger partial charge is 0.458 e. The van der Waals surface area contributed by atoms with Crippen LogP contribution in [0.1, 0.15) is 11.1 Å². The molecule has 0 amide bonds. The minimum absolute atomic E-state index is 0.0950. The molecule has 3 aliphatic rings. The van der Waals surface area contributed by atoms with Crippen molar-refractivity contribution in [1.29, 1.82) is 0 Å². The summed E-state index contributed by atoms with van der Waals surface area (Å²) >= 11 is 0. The molecule has 142 valence electrons. The Kier molecular flexibility index (Phi) is 3.82. The lowest BCUT2D eigenvalue weighted by Gasteiger charge is -2.33. The molecule has 1 aliphatic carbocycles. The van der Waals surface area contributed by atoms with Gasteiger partial charge in [-0.1, -0.05) is 79.4 Å². The molecule has 0 bridgehead atoms. The van der Waals surface area contributed by atoms with Crippen molar-refractivity contribution in [3.05, 3.63) is 108 Å². The Balaban J connectivity index is 1.61. The molecule has 0 saturated heterocycles. The molecule has 3 heteroatoms. The van der Waals surface area contributed by atoms with E-state index in [4.69, 9.17) is 9.47 Å². The van der Waals surface area contributed by atoms with E-state index < -0.39 is 0 Å². The summed E-state index contributed by atoms with van der Waals surface area (Å²) in [5.41, 5.74) is 6.78. The van der Waals surface area contributed by atoms with Crippen LogP contribution in [0.25, 0.3) is 6.08 Å². The topological polar surface area (TPSA) is 18.5 Å². The van der Waals surface area contributed by atoms with Crippen molar-refractivity contribution in [3.63, 3.8) is 0 Å². The first-order chi connectivity index (χ1) is 14.8. The summed E-state index contributed by atoms with van der Waals surface area (Å²) in [4.78, 5) is 0. The van der Waals surface area contributed by atoms with Gasteiger partial charge >= 0.3 is 0 Å². The van der Waals surface area contributed by atoms with Crippen molar-refractivity contribution >= 4 is 29.2 Å². The van der Waals surface area contributed by atoms with E-state index in [1.807, 2.05) is 42.5 Å². The zero-order valence-electron chi connectivity index (χ0n) is 16.5. The summed E-state index contributed by atoms with van der Waals surface area (Å²) in [6.07, 6.45) is 13.3. The van der Waals surface area contributed by atoms with Gasteiger partial charge in [-0.15, -0.1) is 0 Å². The zero-order valence-corrected chi connectivity index (χ0v) is 16.5. The molecular weight excluding hydrogens is 367 g/mol. The third-order valence-electron chi connectivity index (χ3n) is 5.96. The van der Waals surface area contributed by atoms with Crippen LogP contribution in [0.5, 0.6) is 23.0 Å². The number of benzene rings is 3. The Bertz CT molecular complexity index is 1300. The van der Waals surface area contributed by atoms with Crippen LogP contribution >= 0.6 is 0 Å². The average Bonchev–Trinajstić information content (AvgIpc) is 2.77. The van der Waals surface area contributed by atoms with Gasteiger partial charge in [0.1, 0.15) is 23.0 Å². The smallest absolute Gasteiger partial charge is 0.260 e. The van der Waals surface area contributed by atoms with Gasteiger partial charge in [-0.25, -0.2) is 0 Å². The highest BCUT2D eigenvalue weighted by molar-refractivity contribution is 6.98. The molecule has 0 aromatic heterocycles. The van der Waals surface area contributed by atoms with Crippen LogP contribution in [0.2, 0.25) is 0 Å². The molecule has 2 nitrogen and oxygen atoms in total. The molecule has 0 fully saturated rings. The molecule has 2 heterocycles. The van der Waals surface area contributed by atoms with Crippen LogP contribution in [0.4, 0.5) is 0 Å². The fraction of sp³-hybridized carbons (Fsp3) is 0.0370. The third kappa shape index (κ3) is 2.59. The van der Waals surface area contributed by atoms with E-state index >= 15 is 0 Å². The highest BCUT2D eigenvalue weighted by Gasteiger charge is 2.40. The lowest BCUT2D eigenvalue weighted by atomic mass is 9.34. The molecule has 3 aromatic carbocycles. The lowest BCUT2D eigenvalue weighted by Crippen LogP contribution is -2.57. The van der Waals surface area contributed by atoms with E-state index in [1.165, 1.54) is 16.5 Å². The van der Waals surface area contributed by atoms with Crippen molar-refractivity contribution in [2.24, 2.45) is 0 Å². The predicted octanol–water partition coefficient (Wildman–Crippen LogP) is 4.65. The van der Waals surface area contributed by atoms with Gasteiger partial charge in [-0.2, -0.15) is 0 Å². The molecule has 30 heavy (non-hydrogen) atoms. The average molecular weight is 386 g/mol. The van der Waals surface area contributed by atoms with Crippen molar-refractivity contribution in [2.45, 2.75) is 6.42 Å². The molecule has 0 radical (unpaired) electrons. The summed E-state index contributed by atoms with van der Waals surface area (Å²) in [5, 5.41) is 0. The summed E-state index contributed by atoms with van der Waals surface area (Å²) in [6.45, 7) is 4.22. The Morgan fingerprint density at radius 1 is 0.733 bits per heavy atom. The minimum atomic E-state index is 0.0950. The second-order valence-corrected chi connectivity index (χ2v) is 7.80. The second-order valence-electron chi connectivity index (χ2n) is 7.80. The van der Waals surface area contributed by atoms with Gasteiger partial charge in [0, 0.05) is 11.0 Å². The summed E-state index contributed by atoms with van der Waals surface area (Å²) in [7, 11) is 0. The maximum absolute atomic E-state index is 6.54. The molecule has 0 atom stereocenters. The van der Waals surface area contributed by atoms with Gasteiger partial charge in [0.05, 0.1) is 0 Å². The first kappa shape index (κ1) is 17.2. The first-order valence-corrected chi connectivity index (χ1v) is 10.2. The normalized spacial score (nSPS) is 18.5. The van der Waals surface area contributed by atoms with Crippen molar-refractivity contribution < 1.29 is 9.47 Å². The maximum atomic E-state index is 6.54. The summed E-state index contributed by atoms with van der Waals surface area (Å²) in [6, 6.07) is 18.8. The molecular formula is C27H19BO2. The standard InChI is InChI=1S/C27H19BO2/c1-18-8-3-2-4-9-19-15-17-22-27(20(19)16-14-18)30-25-13-7-12-24-26(25)28(22)21-10-5-6-11-23(21)29-24/h2-8,10-17H,1,9H2/b4-2-,8-3-,16-14-. The predicted molar refractivity (Wildman–Crippen MR) is 124 cm³/mol. The van der Waals surface area contributed by atoms with E-state index in [9.17, 15) is 0 Å². The number of para-hydroxylation sites is 1. The Labute approximate surface area is 176 Å². The van der Waals surface area contributed by atoms with Crippen LogP contribution in [0, 0.1) is 0 Å². The molecule has 0 unspecified atom stereocenters. The van der Waals surface area contributed by atoms with Gasteiger partial charge in [-0.05, 0) is 46.7 Å². The van der Waals surface area contributed by atoms with Crippen molar-refractivity contribution in [1.82, 2.24) is 0 Å². The minimum Gasteiger partial charge on any atom is -0.458 e.